The van der Waals surface area contributed by atoms with E-state index in [-0.39, 0.29) is 11.5 Å². The summed E-state index contributed by atoms with van der Waals surface area (Å²) in [6, 6.07) is 2.42. The minimum absolute atomic E-state index is 0.243. The summed E-state index contributed by atoms with van der Waals surface area (Å²) in [5, 5.41) is 9.01. The van der Waals surface area contributed by atoms with Crippen molar-refractivity contribution in [3.8, 4) is 6.07 Å². The van der Waals surface area contributed by atoms with Crippen molar-refractivity contribution in [1.29, 1.82) is 5.26 Å². The van der Waals surface area contributed by atoms with E-state index in [0.29, 0.717) is 0 Å². The van der Waals surface area contributed by atoms with Crippen LogP contribution in [-0.4, -0.2) is 49.1 Å². The second kappa shape index (κ2) is 5.65. The van der Waals surface area contributed by atoms with Crippen LogP contribution in [0.25, 0.3) is 0 Å². The standard InChI is InChI=1S/C13H25N3/c1-13(2)7-6-12(10-14)11-16(13)9-5-8-15(3)4/h12H,5-9,11H2,1-4H3. The van der Waals surface area contributed by atoms with Crippen molar-refractivity contribution in [3.63, 3.8) is 0 Å². The highest BCUT2D eigenvalue weighted by Gasteiger charge is 2.33. The summed E-state index contributed by atoms with van der Waals surface area (Å²) in [6.07, 6.45) is 3.40. The monoisotopic (exact) mass is 223 g/mol. The van der Waals surface area contributed by atoms with E-state index in [9.17, 15) is 0 Å². The highest BCUT2D eigenvalue weighted by Crippen LogP contribution is 2.30. The van der Waals surface area contributed by atoms with Gasteiger partial charge in [0.15, 0.2) is 0 Å². The van der Waals surface area contributed by atoms with Crippen LogP contribution in [0.3, 0.4) is 0 Å². The molecule has 1 atom stereocenters. The van der Waals surface area contributed by atoms with E-state index in [2.05, 4.69) is 43.8 Å². The van der Waals surface area contributed by atoms with Crippen LogP contribution in [0.2, 0.25) is 0 Å². The fourth-order valence-electron chi connectivity index (χ4n) is 2.37. The van der Waals surface area contributed by atoms with Gasteiger partial charge in [0, 0.05) is 12.1 Å². The molecule has 1 unspecified atom stereocenters. The second-order valence-corrected chi connectivity index (χ2v) is 5.78. The molecule has 1 saturated heterocycles. The van der Waals surface area contributed by atoms with E-state index in [1.165, 1.54) is 6.42 Å². The van der Waals surface area contributed by atoms with Crippen molar-refractivity contribution < 1.29 is 0 Å². The largest absolute Gasteiger partial charge is 0.309 e. The maximum absolute atomic E-state index is 9.01. The summed E-state index contributed by atoms with van der Waals surface area (Å²) in [5.74, 6) is 0.243. The summed E-state index contributed by atoms with van der Waals surface area (Å²) in [4.78, 5) is 4.71. The summed E-state index contributed by atoms with van der Waals surface area (Å²) < 4.78 is 0. The predicted octanol–water partition coefficient (Wildman–Crippen LogP) is 1.95. The van der Waals surface area contributed by atoms with E-state index in [1.807, 2.05) is 0 Å². The van der Waals surface area contributed by atoms with Crippen molar-refractivity contribution in [2.45, 2.75) is 38.6 Å². The fourth-order valence-corrected chi connectivity index (χ4v) is 2.37. The number of hydrogen-bond acceptors (Lipinski definition) is 3. The lowest BCUT2D eigenvalue weighted by Crippen LogP contribution is -2.50. The van der Waals surface area contributed by atoms with Gasteiger partial charge in [-0.2, -0.15) is 5.26 Å². The number of likely N-dealkylation sites (tertiary alicyclic amines) is 1. The van der Waals surface area contributed by atoms with Crippen LogP contribution >= 0.6 is 0 Å². The van der Waals surface area contributed by atoms with Crippen LogP contribution in [0.5, 0.6) is 0 Å². The van der Waals surface area contributed by atoms with Gasteiger partial charge in [0.25, 0.3) is 0 Å². The van der Waals surface area contributed by atoms with E-state index >= 15 is 0 Å². The number of nitriles is 1. The zero-order valence-electron chi connectivity index (χ0n) is 11.2. The third kappa shape index (κ3) is 3.77. The summed E-state index contributed by atoms with van der Waals surface area (Å²) in [7, 11) is 4.22. The molecule has 16 heavy (non-hydrogen) atoms. The maximum atomic E-state index is 9.01. The van der Waals surface area contributed by atoms with Crippen LogP contribution in [0, 0.1) is 17.2 Å². The van der Waals surface area contributed by atoms with Gasteiger partial charge in [-0.05, 0) is 60.3 Å². The molecule has 1 fully saturated rings. The van der Waals surface area contributed by atoms with E-state index < -0.39 is 0 Å². The first kappa shape index (κ1) is 13.5. The molecule has 0 radical (unpaired) electrons. The molecule has 0 aromatic rings. The Morgan fingerprint density at radius 3 is 2.69 bits per heavy atom. The molecule has 0 spiro atoms. The fraction of sp³-hybridized carbons (Fsp3) is 0.923. The molecule has 92 valence electrons. The number of hydrogen-bond donors (Lipinski definition) is 0. The number of piperidine rings is 1. The summed E-state index contributed by atoms with van der Waals surface area (Å²) in [5.41, 5.74) is 0.277. The zero-order chi connectivity index (χ0) is 12.2. The van der Waals surface area contributed by atoms with Gasteiger partial charge in [-0.3, -0.25) is 4.90 Å². The molecule has 1 aliphatic rings. The maximum Gasteiger partial charge on any atom is 0.0669 e. The highest BCUT2D eigenvalue weighted by molar-refractivity contribution is 4.96. The van der Waals surface area contributed by atoms with Crippen molar-refractivity contribution in [2.24, 2.45) is 5.92 Å². The van der Waals surface area contributed by atoms with Crippen molar-refractivity contribution in [1.82, 2.24) is 9.80 Å². The Kier molecular flexibility index (Phi) is 4.76. The van der Waals surface area contributed by atoms with Gasteiger partial charge < -0.3 is 4.90 Å². The Bertz CT molecular complexity index is 252. The van der Waals surface area contributed by atoms with E-state index in [1.54, 1.807) is 0 Å². The molecule has 1 heterocycles. The first-order valence-corrected chi connectivity index (χ1v) is 6.25. The Morgan fingerprint density at radius 1 is 1.44 bits per heavy atom. The Balaban J connectivity index is 2.44. The minimum Gasteiger partial charge on any atom is -0.309 e. The van der Waals surface area contributed by atoms with Crippen molar-refractivity contribution >= 4 is 0 Å². The minimum atomic E-state index is 0.243. The first-order valence-electron chi connectivity index (χ1n) is 6.25. The molecule has 0 aliphatic carbocycles. The molecule has 0 bridgehead atoms. The Hall–Kier alpha value is -0.590. The molecule has 1 aliphatic heterocycles. The number of rotatable bonds is 4. The van der Waals surface area contributed by atoms with Crippen molar-refractivity contribution in [2.75, 3.05) is 33.7 Å². The van der Waals surface area contributed by atoms with Crippen LogP contribution in [0.15, 0.2) is 0 Å². The summed E-state index contributed by atoms with van der Waals surface area (Å²) in [6.45, 7) is 7.80. The third-order valence-electron chi connectivity index (χ3n) is 3.62. The van der Waals surface area contributed by atoms with E-state index in [4.69, 9.17) is 5.26 Å². The lowest BCUT2D eigenvalue weighted by molar-refractivity contribution is 0.0565. The Labute approximate surface area is 100 Å². The van der Waals surface area contributed by atoms with Gasteiger partial charge in [-0.25, -0.2) is 0 Å². The lowest BCUT2D eigenvalue weighted by Gasteiger charge is -2.44. The van der Waals surface area contributed by atoms with Crippen LogP contribution in [0.4, 0.5) is 0 Å². The SMILES string of the molecule is CN(C)CCCN1CC(C#N)CCC1(C)C. The van der Waals surface area contributed by atoms with E-state index in [0.717, 1.165) is 32.5 Å². The normalized spacial score (nSPS) is 25.6. The third-order valence-corrected chi connectivity index (χ3v) is 3.62. The zero-order valence-corrected chi connectivity index (χ0v) is 11.2. The van der Waals surface area contributed by atoms with Gasteiger partial charge in [-0.1, -0.05) is 0 Å². The molecule has 0 aromatic carbocycles. The molecule has 3 nitrogen and oxygen atoms in total. The molecule has 0 N–H and O–H groups in total. The van der Waals surface area contributed by atoms with Gasteiger partial charge in [-0.15, -0.1) is 0 Å². The van der Waals surface area contributed by atoms with Crippen LogP contribution in [0.1, 0.15) is 33.1 Å². The molecular weight excluding hydrogens is 198 g/mol. The molecule has 0 saturated carbocycles. The average Bonchev–Trinajstić information content (AvgIpc) is 2.20. The summed E-state index contributed by atoms with van der Waals surface area (Å²) >= 11 is 0. The molecule has 3 heteroatoms. The topological polar surface area (TPSA) is 30.3 Å². The quantitative estimate of drug-likeness (QED) is 0.730. The smallest absolute Gasteiger partial charge is 0.0669 e. The second-order valence-electron chi connectivity index (χ2n) is 5.78. The molecular formula is C13H25N3. The Morgan fingerprint density at radius 2 is 2.12 bits per heavy atom. The predicted molar refractivity (Wildman–Crippen MR) is 67.2 cm³/mol. The number of nitrogens with zero attached hydrogens (tertiary/aromatic N) is 3. The highest BCUT2D eigenvalue weighted by atomic mass is 15.2. The van der Waals surface area contributed by atoms with Gasteiger partial charge >= 0.3 is 0 Å². The molecule has 1 rings (SSSR count). The van der Waals surface area contributed by atoms with Crippen LogP contribution in [-0.2, 0) is 0 Å². The lowest BCUT2D eigenvalue weighted by atomic mass is 9.85. The first-order chi connectivity index (χ1) is 7.45. The molecule has 0 amide bonds. The van der Waals surface area contributed by atoms with Gasteiger partial charge in [0.1, 0.15) is 0 Å². The van der Waals surface area contributed by atoms with Gasteiger partial charge in [0.2, 0.25) is 0 Å². The van der Waals surface area contributed by atoms with Gasteiger partial charge in [0.05, 0.1) is 12.0 Å². The van der Waals surface area contributed by atoms with Crippen LogP contribution < -0.4 is 0 Å². The average molecular weight is 223 g/mol. The molecule has 0 aromatic heterocycles. The van der Waals surface area contributed by atoms with Crippen molar-refractivity contribution in [3.05, 3.63) is 0 Å².